The fourth-order valence-corrected chi connectivity index (χ4v) is 5.67. The van der Waals surface area contributed by atoms with Crippen molar-refractivity contribution in [1.82, 2.24) is 9.47 Å². The predicted octanol–water partition coefficient (Wildman–Crippen LogP) is 3.63. The number of nitrogens with zero attached hydrogens (tertiary/aromatic N) is 3. The maximum atomic E-state index is 15.3. The van der Waals surface area contributed by atoms with Gasteiger partial charge < -0.3 is 18.9 Å². The summed E-state index contributed by atoms with van der Waals surface area (Å²) in [6.07, 6.45) is 4.60. The van der Waals surface area contributed by atoms with Gasteiger partial charge in [-0.3, -0.25) is 14.5 Å². The Morgan fingerprint density at radius 3 is 2.68 bits per heavy atom. The minimum Gasteiger partial charge on any atom is -0.494 e. The molecule has 3 aromatic rings. The predicted molar refractivity (Wildman–Crippen MR) is 148 cm³/mol. The second kappa shape index (κ2) is 10.2. The Hall–Kier alpha value is -3.17. The topological polar surface area (TPSA) is 64.0 Å². The molecule has 3 aliphatic rings. The third-order valence-corrected chi connectivity index (χ3v) is 8.06. The average Bonchev–Trinajstić information content (AvgIpc) is 3.70. The highest BCUT2D eigenvalue weighted by Crippen LogP contribution is 2.38. The molecule has 198 valence electrons. The van der Waals surface area contributed by atoms with E-state index >= 15 is 4.39 Å². The molecule has 0 atom stereocenters. The van der Waals surface area contributed by atoms with Crippen LogP contribution in [0, 0.1) is 5.82 Å². The van der Waals surface area contributed by atoms with Crippen molar-refractivity contribution in [2.45, 2.75) is 45.7 Å². The van der Waals surface area contributed by atoms with Gasteiger partial charge in [0.2, 0.25) is 0 Å². The van der Waals surface area contributed by atoms with Crippen molar-refractivity contribution in [3.63, 3.8) is 0 Å². The molecule has 1 saturated heterocycles. The van der Waals surface area contributed by atoms with Crippen LogP contribution in [-0.4, -0.2) is 61.5 Å². The van der Waals surface area contributed by atoms with Crippen molar-refractivity contribution in [3.05, 3.63) is 63.7 Å². The van der Waals surface area contributed by atoms with Crippen LogP contribution in [0.15, 0.2) is 41.3 Å². The third kappa shape index (κ3) is 4.85. The van der Waals surface area contributed by atoms with Crippen molar-refractivity contribution in [3.8, 4) is 5.75 Å². The lowest BCUT2D eigenvalue weighted by atomic mass is 9.64. The standard InChI is InChI=1S/C29H33BFN3O4/c1-19(35)24-17-34(21-5-6-21)27-16-28(26(31)15-23(27)29(24)36)33-11-9-32(10-12-33)8-3-13-37-22-7-4-20-18-38-30(2)25(20)14-22/h4,7,14-17,21H,3,5-6,8-13,18H2,1-2H3. The number of carbonyl (C=O) groups excluding carboxylic acids is 1. The van der Waals surface area contributed by atoms with Crippen molar-refractivity contribution in [2.24, 2.45) is 0 Å². The minimum atomic E-state index is -0.409. The van der Waals surface area contributed by atoms with E-state index in [2.05, 4.69) is 28.8 Å². The van der Waals surface area contributed by atoms with E-state index in [1.807, 2.05) is 10.6 Å². The summed E-state index contributed by atoms with van der Waals surface area (Å²) in [5.41, 5.74) is 3.44. The van der Waals surface area contributed by atoms with Crippen LogP contribution in [0.3, 0.4) is 0 Å². The van der Waals surface area contributed by atoms with Crippen LogP contribution in [0.5, 0.6) is 5.75 Å². The lowest BCUT2D eigenvalue weighted by Gasteiger charge is -2.36. The van der Waals surface area contributed by atoms with Gasteiger partial charge in [0.15, 0.2) is 11.2 Å². The number of benzene rings is 2. The first-order chi connectivity index (χ1) is 18.4. The lowest BCUT2D eigenvalue weighted by Crippen LogP contribution is -2.47. The Morgan fingerprint density at radius 2 is 1.95 bits per heavy atom. The highest BCUT2D eigenvalue weighted by Gasteiger charge is 2.28. The summed E-state index contributed by atoms with van der Waals surface area (Å²) in [6.45, 7) is 8.92. The molecule has 7 nitrogen and oxygen atoms in total. The van der Waals surface area contributed by atoms with Crippen LogP contribution >= 0.6 is 0 Å². The number of Topliss-reactive ketones (excluding diaryl/α,β-unsaturated/α-hetero) is 1. The summed E-state index contributed by atoms with van der Waals surface area (Å²) in [6, 6.07) is 9.59. The highest BCUT2D eigenvalue weighted by molar-refractivity contribution is 6.67. The van der Waals surface area contributed by atoms with E-state index in [1.165, 1.54) is 24.0 Å². The van der Waals surface area contributed by atoms with Gasteiger partial charge in [-0.25, -0.2) is 4.39 Å². The minimum absolute atomic E-state index is 0.122. The van der Waals surface area contributed by atoms with Gasteiger partial charge >= 0.3 is 6.92 Å². The average molecular weight is 517 g/mol. The van der Waals surface area contributed by atoms with Gasteiger partial charge in [0.1, 0.15) is 11.6 Å². The zero-order chi connectivity index (χ0) is 26.4. The van der Waals surface area contributed by atoms with Gasteiger partial charge in [0.05, 0.1) is 30.0 Å². The van der Waals surface area contributed by atoms with Gasteiger partial charge in [-0.15, -0.1) is 0 Å². The quantitative estimate of drug-likeness (QED) is 0.259. The van der Waals surface area contributed by atoms with Crippen LogP contribution in [-0.2, 0) is 11.3 Å². The van der Waals surface area contributed by atoms with Gasteiger partial charge in [0, 0.05) is 50.3 Å². The number of pyridine rings is 1. The summed E-state index contributed by atoms with van der Waals surface area (Å²) in [5.74, 6) is 0.195. The van der Waals surface area contributed by atoms with Crippen LogP contribution in [0.4, 0.5) is 10.1 Å². The van der Waals surface area contributed by atoms with Gasteiger partial charge in [0.25, 0.3) is 0 Å². The molecular weight excluding hydrogens is 484 g/mol. The van der Waals surface area contributed by atoms with Gasteiger partial charge in [-0.1, -0.05) is 12.9 Å². The van der Waals surface area contributed by atoms with E-state index in [1.54, 1.807) is 12.3 Å². The molecule has 9 heteroatoms. The Kier molecular flexibility index (Phi) is 6.74. The zero-order valence-electron chi connectivity index (χ0n) is 22.0. The number of piperazine rings is 1. The smallest absolute Gasteiger partial charge is 0.324 e. The number of aromatic nitrogens is 1. The number of hydrogen-bond acceptors (Lipinski definition) is 6. The van der Waals surface area contributed by atoms with E-state index in [9.17, 15) is 9.59 Å². The molecule has 0 spiro atoms. The number of ether oxygens (including phenoxy) is 1. The monoisotopic (exact) mass is 517 g/mol. The molecule has 2 aromatic carbocycles. The molecule has 6 rings (SSSR count). The van der Waals surface area contributed by atoms with Gasteiger partial charge in [-0.2, -0.15) is 0 Å². The molecule has 0 bridgehead atoms. The summed E-state index contributed by atoms with van der Waals surface area (Å²) in [4.78, 5) is 29.4. The fourth-order valence-electron chi connectivity index (χ4n) is 5.67. The van der Waals surface area contributed by atoms with E-state index in [0.29, 0.717) is 37.5 Å². The van der Waals surface area contributed by atoms with Crippen LogP contribution < -0.4 is 20.5 Å². The molecule has 0 unspecified atom stereocenters. The summed E-state index contributed by atoms with van der Waals surface area (Å²) in [5, 5.41) is 0.287. The number of halogens is 1. The third-order valence-electron chi connectivity index (χ3n) is 8.06. The molecular formula is C29H33BFN3O4. The normalized spacial score (nSPS) is 17.8. The molecule has 1 aliphatic carbocycles. The maximum absolute atomic E-state index is 15.3. The van der Waals surface area contributed by atoms with Crippen LogP contribution in [0.2, 0.25) is 6.82 Å². The molecule has 1 saturated carbocycles. The van der Waals surface area contributed by atoms with E-state index < -0.39 is 5.82 Å². The first-order valence-corrected chi connectivity index (χ1v) is 13.6. The number of fused-ring (bicyclic) bond motifs is 2. The van der Waals surface area contributed by atoms with E-state index in [-0.39, 0.29) is 35.1 Å². The SMILES string of the molecule is CB1OCc2ccc(OCCCN3CCN(c4cc5c(cc4F)c(=O)c(C(C)=O)cn5C4CC4)CC3)cc21. The van der Waals surface area contributed by atoms with E-state index in [4.69, 9.17) is 9.39 Å². The van der Waals surface area contributed by atoms with Crippen molar-refractivity contribution < 1.29 is 18.6 Å². The Bertz CT molecular complexity index is 1450. The molecule has 0 amide bonds. The summed E-state index contributed by atoms with van der Waals surface area (Å²) >= 11 is 0. The van der Waals surface area contributed by atoms with Crippen molar-refractivity contribution >= 4 is 34.8 Å². The summed E-state index contributed by atoms with van der Waals surface area (Å²) in [7, 11) is 0. The molecule has 2 fully saturated rings. The Morgan fingerprint density at radius 1 is 1.16 bits per heavy atom. The van der Waals surface area contributed by atoms with Crippen LogP contribution in [0.25, 0.3) is 10.9 Å². The molecule has 0 radical (unpaired) electrons. The largest absolute Gasteiger partial charge is 0.494 e. The fraction of sp³-hybridized carbons (Fsp3) is 0.448. The molecule has 0 N–H and O–H groups in total. The number of ketones is 1. The first-order valence-electron chi connectivity index (χ1n) is 13.6. The van der Waals surface area contributed by atoms with E-state index in [0.717, 1.165) is 44.6 Å². The Balaban J connectivity index is 1.08. The number of rotatable bonds is 8. The number of carbonyl (C=O) groups is 1. The molecule has 3 heterocycles. The maximum Gasteiger partial charge on any atom is 0.324 e. The molecule has 38 heavy (non-hydrogen) atoms. The molecule has 1 aromatic heterocycles. The molecule has 2 aliphatic heterocycles. The van der Waals surface area contributed by atoms with Crippen LogP contribution in [0.1, 0.15) is 48.1 Å². The second-order valence-electron chi connectivity index (χ2n) is 10.7. The number of hydrogen-bond donors (Lipinski definition) is 0. The van der Waals surface area contributed by atoms with Gasteiger partial charge in [-0.05, 0) is 61.5 Å². The Labute approximate surface area is 222 Å². The summed E-state index contributed by atoms with van der Waals surface area (Å²) < 4.78 is 28.9. The van der Waals surface area contributed by atoms with Crippen molar-refractivity contribution in [1.29, 1.82) is 0 Å². The second-order valence-corrected chi connectivity index (χ2v) is 10.7. The highest BCUT2D eigenvalue weighted by atomic mass is 19.1. The zero-order valence-corrected chi connectivity index (χ0v) is 22.0. The number of anilines is 1. The lowest BCUT2D eigenvalue weighted by molar-refractivity contribution is 0.101. The van der Waals surface area contributed by atoms with Crippen molar-refractivity contribution in [2.75, 3.05) is 44.2 Å². The first kappa shape index (κ1) is 25.1.